The largest absolute Gasteiger partial charge is 0.385 e. The number of sulfone groups is 1. The molecule has 0 spiro atoms. The first-order chi connectivity index (χ1) is 7.59. The third kappa shape index (κ3) is 4.23. The van der Waals surface area contributed by atoms with Crippen molar-refractivity contribution < 1.29 is 13.2 Å². The zero-order valence-corrected chi connectivity index (χ0v) is 10.7. The van der Waals surface area contributed by atoms with Gasteiger partial charge >= 0.3 is 0 Å². The summed E-state index contributed by atoms with van der Waals surface area (Å²) in [6.45, 7) is 6.06. The van der Waals surface area contributed by atoms with Crippen LogP contribution in [0.4, 0.5) is 0 Å². The molecule has 1 fully saturated rings. The molecule has 16 heavy (non-hydrogen) atoms. The Morgan fingerprint density at radius 1 is 1.56 bits per heavy atom. The van der Waals surface area contributed by atoms with Crippen LogP contribution in [0.3, 0.4) is 0 Å². The number of hydrogen-bond donors (Lipinski definition) is 0. The molecular formula is C11H21NO3S. The third-order valence-electron chi connectivity index (χ3n) is 2.88. The van der Waals surface area contributed by atoms with Gasteiger partial charge in [0.15, 0.2) is 9.84 Å². The van der Waals surface area contributed by atoms with Crippen molar-refractivity contribution in [1.82, 2.24) is 4.90 Å². The van der Waals surface area contributed by atoms with Gasteiger partial charge in [-0.3, -0.25) is 4.90 Å². The molecule has 0 aliphatic carbocycles. The Hall–Kier alpha value is -0.390. The Labute approximate surface area is 98.2 Å². The van der Waals surface area contributed by atoms with Crippen LogP contribution in [-0.2, 0) is 14.6 Å². The van der Waals surface area contributed by atoms with Crippen LogP contribution in [0.2, 0.25) is 0 Å². The molecule has 1 unspecified atom stereocenters. The van der Waals surface area contributed by atoms with Crippen LogP contribution in [-0.4, -0.2) is 57.7 Å². The Bertz CT molecular complexity index is 313. The van der Waals surface area contributed by atoms with Crippen molar-refractivity contribution in [1.29, 1.82) is 0 Å². The monoisotopic (exact) mass is 247 g/mol. The van der Waals surface area contributed by atoms with Gasteiger partial charge in [0.05, 0.1) is 11.5 Å². The maximum atomic E-state index is 11.4. The Kier molecular flexibility index (Phi) is 5.44. The molecule has 1 aliphatic rings. The minimum Gasteiger partial charge on any atom is -0.385 e. The normalized spacial score (nSPS) is 23.8. The summed E-state index contributed by atoms with van der Waals surface area (Å²) in [5.41, 5.74) is 0. The summed E-state index contributed by atoms with van der Waals surface area (Å²) >= 11 is 0. The van der Waals surface area contributed by atoms with E-state index in [9.17, 15) is 8.42 Å². The molecule has 1 heterocycles. The van der Waals surface area contributed by atoms with Crippen molar-refractivity contribution in [2.75, 3.05) is 38.3 Å². The van der Waals surface area contributed by atoms with E-state index < -0.39 is 9.84 Å². The summed E-state index contributed by atoms with van der Waals surface area (Å²) in [7, 11) is -1.12. The maximum Gasteiger partial charge on any atom is 0.151 e. The molecule has 0 aromatic carbocycles. The van der Waals surface area contributed by atoms with Gasteiger partial charge in [-0.15, -0.1) is 6.58 Å². The lowest BCUT2D eigenvalue weighted by Gasteiger charge is -2.26. The summed E-state index contributed by atoms with van der Waals surface area (Å²) < 4.78 is 27.8. The lowest BCUT2D eigenvalue weighted by molar-refractivity contribution is 0.162. The summed E-state index contributed by atoms with van der Waals surface area (Å²) in [6.07, 6.45) is 3.52. The molecule has 1 atom stereocenters. The van der Waals surface area contributed by atoms with Crippen LogP contribution in [0.25, 0.3) is 0 Å². The number of methoxy groups -OCH3 is 1. The highest BCUT2D eigenvalue weighted by Gasteiger charge is 2.31. The molecule has 0 aromatic heterocycles. The van der Waals surface area contributed by atoms with Crippen molar-refractivity contribution >= 4 is 9.84 Å². The van der Waals surface area contributed by atoms with Gasteiger partial charge in [-0.2, -0.15) is 0 Å². The summed E-state index contributed by atoms with van der Waals surface area (Å²) in [4.78, 5) is 2.19. The van der Waals surface area contributed by atoms with Gasteiger partial charge in [-0.1, -0.05) is 6.08 Å². The van der Waals surface area contributed by atoms with E-state index in [0.717, 1.165) is 25.9 Å². The van der Waals surface area contributed by atoms with E-state index in [1.54, 1.807) is 7.11 Å². The molecule has 0 aromatic rings. The highest BCUT2D eigenvalue weighted by atomic mass is 32.2. The zero-order chi connectivity index (χ0) is 12.0. The standard InChI is InChI=1S/C11H21NO3S/c1-3-6-12(7-4-8-15-2)11-5-9-16(13,14)10-11/h3,11H,1,4-10H2,2H3. The highest BCUT2D eigenvalue weighted by molar-refractivity contribution is 7.91. The van der Waals surface area contributed by atoms with Gasteiger partial charge in [0.2, 0.25) is 0 Å². The second-order valence-electron chi connectivity index (χ2n) is 4.19. The van der Waals surface area contributed by atoms with Gasteiger partial charge in [0.1, 0.15) is 0 Å². The number of ether oxygens (including phenoxy) is 1. The van der Waals surface area contributed by atoms with Crippen LogP contribution in [0.1, 0.15) is 12.8 Å². The molecule has 0 saturated carbocycles. The average molecular weight is 247 g/mol. The van der Waals surface area contributed by atoms with Gasteiger partial charge in [-0.25, -0.2) is 8.42 Å². The summed E-state index contributed by atoms with van der Waals surface area (Å²) in [5, 5.41) is 0. The van der Waals surface area contributed by atoms with Crippen molar-refractivity contribution in [2.24, 2.45) is 0 Å². The lowest BCUT2D eigenvalue weighted by atomic mass is 10.2. The number of nitrogens with zero attached hydrogens (tertiary/aromatic N) is 1. The molecule has 94 valence electrons. The first-order valence-corrected chi connectivity index (χ1v) is 7.45. The van der Waals surface area contributed by atoms with Crippen molar-refractivity contribution in [2.45, 2.75) is 18.9 Å². The fourth-order valence-electron chi connectivity index (χ4n) is 2.06. The molecule has 0 amide bonds. The predicted octanol–water partition coefficient (Wildman–Crippen LogP) is 0.698. The Morgan fingerprint density at radius 3 is 2.81 bits per heavy atom. The van der Waals surface area contributed by atoms with E-state index in [-0.39, 0.29) is 6.04 Å². The van der Waals surface area contributed by atoms with Gasteiger partial charge in [0.25, 0.3) is 0 Å². The first-order valence-electron chi connectivity index (χ1n) is 5.63. The smallest absolute Gasteiger partial charge is 0.151 e. The van der Waals surface area contributed by atoms with E-state index in [0.29, 0.717) is 18.1 Å². The van der Waals surface area contributed by atoms with Gasteiger partial charge in [0, 0.05) is 32.8 Å². The van der Waals surface area contributed by atoms with Crippen molar-refractivity contribution in [3.63, 3.8) is 0 Å². The number of rotatable bonds is 7. The molecule has 1 aliphatic heterocycles. The van der Waals surface area contributed by atoms with Crippen LogP contribution in [0.15, 0.2) is 12.7 Å². The van der Waals surface area contributed by atoms with Crippen LogP contribution in [0.5, 0.6) is 0 Å². The van der Waals surface area contributed by atoms with Crippen LogP contribution < -0.4 is 0 Å². The van der Waals surface area contributed by atoms with Crippen molar-refractivity contribution in [3.05, 3.63) is 12.7 Å². The van der Waals surface area contributed by atoms with Gasteiger partial charge in [-0.05, 0) is 12.8 Å². The fraction of sp³-hybridized carbons (Fsp3) is 0.818. The van der Waals surface area contributed by atoms with Crippen LogP contribution in [0, 0.1) is 0 Å². The molecule has 0 bridgehead atoms. The number of hydrogen-bond acceptors (Lipinski definition) is 4. The third-order valence-corrected chi connectivity index (χ3v) is 4.63. The Balaban J connectivity index is 2.46. The van der Waals surface area contributed by atoms with E-state index in [1.165, 1.54) is 0 Å². The SMILES string of the molecule is C=CCN(CCCOC)C1CCS(=O)(=O)C1. The predicted molar refractivity (Wildman–Crippen MR) is 65.3 cm³/mol. The summed E-state index contributed by atoms with van der Waals surface area (Å²) in [6, 6.07) is 0.167. The molecule has 1 saturated heterocycles. The topological polar surface area (TPSA) is 46.6 Å². The maximum absolute atomic E-state index is 11.4. The van der Waals surface area contributed by atoms with Crippen molar-refractivity contribution in [3.8, 4) is 0 Å². The second-order valence-corrected chi connectivity index (χ2v) is 6.42. The quantitative estimate of drug-likeness (QED) is 0.491. The van der Waals surface area contributed by atoms with Gasteiger partial charge < -0.3 is 4.74 Å². The summed E-state index contributed by atoms with van der Waals surface area (Å²) in [5.74, 6) is 0.628. The van der Waals surface area contributed by atoms with E-state index >= 15 is 0 Å². The lowest BCUT2D eigenvalue weighted by Crippen LogP contribution is -2.37. The Morgan fingerprint density at radius 2 is 2.31 bits per heavy atom. The molecule has 1 rings (SSSR count). The molecule has 0 N–H and O–H groups in total. The molecule has 5 heteroatoms. The second kappa shape index (κ2) is 6.37. The highest BCUT2D eigenvalue weighted by Crippen LogP contribution is 2.17. The average Bonchev–Trinajstić information content (AvgIpc) is 2.58. The molecule has 4 nitrogen and oxygen atoms in total. The molecular weight excluding hydrogens is 226 g/mol. The van der Waals surface area contributed by atoms with Crippen LogP contribution >= 0.6 is 0 Å². The minimum atomic E-state index is -2.80. The van der Waals surface area contributed by atoms with E-state index in [1.807, 2.05) is 6.08 Å². The van der Waals surface area contributed by atoms with E-state index in [2.05, 4.69) is 11.5 Å². The minimum absolute atomic E-state index is 0.167. The van der Waals surface area contributed by atoms with E-state index in [4.69, 9.17) is 4.74 Å². The first kappa shape index (κ1) is 13.7. The zero-order valence-electron chi connectivity index (χ0n) is 9.89. The molecule has 0 radical (unpaired) electrons. The fourth-order valence-corrected chi connectivity index (χ4v) is 3.83.